The van der Waals surface area contributed by atoms with Crippen LogP contribution < -0.4 is 10.1 Å². The van der Waals surface area contributed by atoms with Gasteiger partial charge in [0.2, 0.25) is 10.0 Å². The summed E-state index contributed by atoms with van der Waals surface area (Å²) in [6.07, 6.45) is 0. The fraction of sp³-hybridized carbons (Fsp3) is 0.0952. The molecule has 0 unspecified atom stereocenters. The summed E-state index contributed by atoms with van der Waals surface area (Å²) in [4.78, 5) is 12.8. The van der Waals surface area contributed by atoms with E-state index in [2.05, 4.69) is 21.2 Å². The molecule has 156 valence electrons. The second-order valence-corrected chi connectivity index (χ2v) is 9.42. The SMILES string of the molecule is CN(C)S(=O)(=O)c1cc(C(=O)Nc2ccccc2Oc2cccc(F)c2)ccc1Br. The molecule has 3 rings (SSSR count). The number of carbonyl (C=O) groups excluding carboxylic acids is 1. The number of benzene rings is 3. The van der Waals surface area contributed by atoms with Crippen LogP contribution in [0.5, 0.6) is 11.5 Å². The highest BCUT2D eigenvalue weighted by molar-refractivity contribution is 9.10. The van der Waals surface area contributed by atoms with E-state index in [-0.39, 0.29) is 16.2 Å². The van der Waals surface area contributed by atoms with Crippen LogP contribution in [0.4, 0.5) is 10.1 Å². The molecule has 0 atom stereocenters. The predicted octanol–water partition coefficient (Wildman–Crippen LogP) is 4.88. The lowest BCUT2D eigenvalue weighted by Gasteiger charge is -2.15. The van der Waals surface area contributed by atoms with Crippen molar-refractivity contribution in [1.82, 2.24) is 4.31 Å². The maximum absolute atomic E-state index is 13.4. The number of hydrogen-bond acceptors (Lipinski definition) is 4. The van der Waals surface area contributed by atoms with Crippen molar-refractivity contribution in [2.75, 3.05) is 19.4 Å². The number of rotatable bonds is 6. The van der Waals surface area contributed by atoms with Gasteiger partial charge in [-0.1, -0.05) is 18.2 Å². The number of halogens is 2. The average Bonchev–Trinajstić information content (AvgIpc) is 2.69. The summed E-state index contributed by atoms with van der Waals surface area (Å²) in [7, 11) is -0.921. The number of nitrogens with one attached hydrogen (secondary N) is 1. The summed E-state index contributed by atoms with van der Waals surface area (Å²) in [6, 6.07) is 16.6. The molecular weight excluding hydrogens is 475 g/mol. The van der Waals surface area contributed by atoms with Crippen molar-refractivity contribution in [2.24, 2.45) is 0 Å². The van der Waals surface area contributed by atoms with Crippen molar-refractivity contribution in [3.05, 3.63) is 82.6 Å². The molecule has 6 nitrogen and oxygen atoms in total. The van der Waals surface area contributed by atoms with Gasteiger partial charge in [-0.05, 0) is 58.4 Å². The highest BCUT2D eigenvalue weighted by Gasteiger charge is 2.22. The van der Waals surface area contributed by atoms with Crippen molar-refractivity contribution in [3.63, 3.8) is 0 Å². The van der Waals surface area contributed by atoms with E-state index in [9.17, 15) is 17.6 Å². The zero-order valence-electron chi connectivity index (χ0n) is 16.1. The third kappa shape index (κ3) is 4.86. The monoisotopic (exact) mass is 492 g/mol. The maximum Gasteiger partial charge on any atom is 0.255 e. The fourth-order valence-electron chi connectivity index (χ4n) is 2.55. The van der Waals surface area contributed by atoms with Crippen molar-refractivity contribution in [1.29, 1.82) is 0 Å². The minimum absolute atomic E-state index is 0.0237. The summed E-state index contributed by atoms with van der Waals surface area (Å²) in [5, 5.41) is 2.71. The van der Waals surface area contributed by atoms with E-state index in [1.807, 2.05) is 0 Å². The quantitative estimate of drug-likeness (QED) is 0.531. The Balaban J connectivity index is 1.89. The number of ether oxygens (including phenoxy) is 1. The van der Waals surface area contributed by atoms with Crippen LogP contribution in [-0.4, -0.2) is 32.7 Å². The summed E-state index contributed by atoms with van der Waals surface area (Å²) in [5.74, 6) is -0.374. The first-order chi connectivity index (χ1) is 14.2. The van der Waals surface area contributed by atoms with Gasteiger partial charge >= 0.3 is 0 Å². The van der Waals surface area contributed by atoms with Crippen molar-refractivity contribution >= 4 is 37.5 Å². The van der Waals surface area contributed by atoms with Crippen molar-refractivity contribution < 1.29 is 22.3 Å². The van der Waals surface area contributed by atoms with E-state index in [0.29, 0.717) is 15.9 Å². The molecule has 0 radical (unpaired) electrons. The Morgan fingerprint density at radius 1 is 1.03 bits per heavy atom. The lowest BCUT2D eigenvalue weighted by Crippen LogP contribution is -2.23. The Bertz CT molecular complexity index is 1200. The highest BCUT2D eigenvalue weighted by Crippen LogP contribution is 2.31. The number of para-hydroxylation sites is 2. The van der Waals surface area contributed by atoms with Crippen LogP contribution in [0, 0.1) is 5.82 Å². The number of anilines is 1. The van der Waals surface area contributed by atoms with Gasteiger partial charge in [-0.2, -0.15) is 0 Å². The molecular formula is C21H18BrFN2O4S. The minimum Gasteiger partial charge on any atom is -0.455 e. The summed E-state index contributed by atoms with van der Waals surface area (Å²) < 4.78 is 45.5. The zero-order valence-corrected chi connectivity index (χ0v) is 18.5. The Hall–Kier alpha value is -2.75. The molecule has 0 aliphatic heterocycles. The highest BCUT2D eigenvalue weighted by atomic mass is 79.9. The van der Waals surface area contributed by atoms with Gasteiger partial charge in [-0.15, -0.1) is 0 Å². The number of nitrogens with zero attached hydrogens (tertiary/aromatic N) is 1. The Labute approximate surface area is 182 Å². The fourth-order valence-corrected chi connectivity index (χ4v) is 4.39. The number of amides is 1. The van der Waals surface area contributed by atoms with E-state index in [0.717, 1.165) is 4.31 Å². The van der Waals surface area contributed by atoms with Crippen LogP contribution >= 0.6 is 15.9 Å². The Morgan fingerprint density at radius 2 is 1.77 bits per heavy atom. The predicted molar refractivity (Wildman–Crippen MR) is 116 cm³/mol. The van der Waals surface area contributed by atoms with Crippen molar-refractivity contribution in [3.8, 4) is 11.5 Å². The van der Waals surface area contributed by atoms with E-state index in [1.165, 1.54) is 50.5 Å². The maximum atomic E-state index is 13.4. The second-order valence-electron chi connectivity index (χ2n) is 6.44. The molecule has 0 saturated heterocycles. The van der Waals surface area contributed by atoms with Crippen LogP contribution in [0.3, 0.4) is 0 Å². The summed E-state index contributed by atoms with van der Waals surface area (Å²) in [6.45, 7) is 0. The van der Waals surface area contributed by atoms with Gasteiger partial charge in [-0.25, -0.2) is 17.1 Å². The molecule has 3 aromatic rings. The molecule has 1 N–H and O–H groups in total. The first-order valence-electron chi connectivity index (χ1n) is 8.74. The van der Waals surface area contributed by atoms with Crippen LogP contribution in [-0.2, 0) is 10.0 Å². The molecule has 0 saturated carbocycles. The third-order valence-electron chi connectivity index (χ3n) is 4.11. The average molecular weight is 493 g/mol. The Morgan fingerprint density at radius 3 is 2.47 bits per heavy atom. The van der Waals surface area contributed by atoms with E-state index < -0.39 is 21.7 Å². The van der Waals surface area contributed by atoms with Crippen molar-refractivity contribution in [2.45, 2.75) is 4.90 Å². The van der Waals surface area contributed by atoms with Gasteiger partial charge in [-0.3, -0.25) is 4.79 Å². The van der Waals surface area contributed by atoms with Gasteiger partial charge in [0.05, 0.1) is 10.6 Å². The smallest absolute Gasteiger partial charge is 0.255 e. The van der Waals surface area contributed by atoms with Gasteiger partial charge in [0.25, 0.3) is 5.91 Å². The molecule has 0 bridgehead atoms. The molecule has 30 heavy (non-hydrogen) atoms. The zero-order chi connectivity index (χ0) is 21.9. The molecule has 9 heteroatoms. The topological polar surface area (TPSA) is 75.7 Å². The second kappa shape index (κ2) is 8.95. The van der Waals surface area contributed by atoms with Crippen LogP contribution in [0.15, 0.2) is 76.1 Å². The molecule has 0 heterocycles. The van der Waals surface area contributed by atoms with Gasteiger partial charge in [0.15, 0.2) is 5.75 Å². The van der Waals surface area contributed by atoms with E-state index >= 15 is 0 Å². The number of hydrogen-bond donors (Lipinski definition) is 1. The van der Waals surface area contributed by atoms with Crippen LogP contribution in [0.25, 0.3) is 0 Å². The minimum atomic E-state index is -3.74. The van der Waals surface area contributed by atoms with Crippen LogP contribution in [0.2, 0.25) is 0 Å². The normalized spacial score (nSPS) is 11.4. The van der Waals surface area contributed by atoms with Gasteiger partial charge in [0, 0.05) is 30.2 Å². The van der Waals surface area contributed by atoms with Crippen LogP contribution in [0.1, 0.15) is 10.4 Å². The Kier molecular flexibility index (Phi) is 6.55. The van der Waals surface area contributed by atoms with E-state index in [4.69, 9.17) is 4.74 Å². The lowest BCUT2D eigenvalue weighted by atomic mass is 10.2. The molecule has 0 aliphatic carbocycles. The lowest BCUT2D eigenvalue weighted by molar-refractivity contribution is 0.102. The first-order valence-corrected chi connectivity index (χ1v) is 11.0. The van der Waals surface area contributed by atoms with E-state index in [1.54, 1.807) is 30.3 Å². The molecule has 1 amide bonds. The standard InChI is InChI=1S/C21H18BrFN2O4S/c1-25(2)30(27,28)20-12-14(10-11-17(20)22)21(26)24-18-8-3-4-9-19(18)29-16-7-5-6-15(23)13-16/h3-13H,1-2H3,(H,24,26). The molecule has 3 aromatic carbocycles. The molecule has 0 spiro atoms. The molecule has 0 aliphatic rings. The van der Waals surface area contributed by atoms with Gasteiger partial charge in [0.1, 0.15) is 11.6 Å². The summed E-state index contributed by atoms with van der Waals surface area (Å²) >= 11 is 3.22. The third-order valence-corrected chi connectivity index (χ3v) is 6.92. The largest absolute Gasteiger partial charge is 0.455 e. The number of carbonyl (C=O) groups is 1. The number of sulfonamides is 1. The molecule has 0 aromatic heterocycles. The van der Waals surface area contributed by atoms with Gasteiger partial charge < -0.3 is 10.1 Å². The first kappa shape index (κ1) is 21.9. The summed E-state index contributed by atoms with van der Waals surface area (Å²) in [5.41, 5.74) is 0.505. The molecule has 0 fully saturated rings.